The van der Waals surface area contributed by atoms with E-state index in [9.17, 15) is 4.79 Å². The smallest absolute Gasteiger partial charge is 0.323 e. The number of hydrogen-bond donors (Lipinski definition) is 2. The Morgan fingerprint density at radius 3 is 2.27 bits per heavy atom. The minimum absolute atomic E-state index is 0.158. The summed E-state index contributed by atoms with van der Waals surface area (Å²) in [6.07, 6.45) is 2.08. The molecule has 288 valence electrons. The molecule has 0 bridgehead atoms. The number of rotatable bonds is 17. The maximum Gasteiger partial charge on any atom is 0.323 e. The van der Waals surface area contributed by atoms with Crippen molar-refractivity contribution in [1.82, 2.24) is 15.0 Å². The third kappa shape index (κ3) is 10.5. The number of urea groups is 1. The summed E-state index contributed by atoms with van der Waals surface area (Å²) in [6, 6.07) is 22.2. The zero-order valence-electron chi connectivity index (χ0n) is 32.1. The summed E-state index contributed by atoms with van der Waals surface area (Å²) in [6.45, 7) is 11.0. The number of benzene rings is 4. The molecule has 55 heavy (non-hydrogen) atoms. The highest BCUT2D eigenvalue weighted by Gasteiger charge is 2.20. The van der Waals surface area contributed by atoms with Gasteiger partial charge in [0.05, 0.1) is 51.5 Å². The van der Waals surface area contributed by atoms with Crippen LogP contribution in [0.1, 0.15) is 43.6 Å². The summed E-state index contributed by atoms with van der Waals surface area (Å²) < 4.78 is 39.6. The first-order chi connectivity index (χ1) is 26.6. The molecule has 0 saturated heterocycles. The van der Waals surface area contributed by atoms with Gasteiger partial charge in [0.15, 0.2) is 11.5 Å². The molecule has 0 saturated carbocycles. The normalized spacial score (nSPS) is 11.5. The molecule has 0 aliphatic carbocycles. The number of amides is 2. The molecule has 0 radical (unpaired) electrons. The van der Waals surface area contributed by atoms with E-state index in [0.717, 1.165) is 21.9 Å². The van der Waals surface area contributed by atoms with Crippen molar-refractivity contribution >= 4 is 39.3 Å². The van der Waals surface area contributed by atoms with E-state index >= 15 is 0 Å². The quantitative estimate of drug-likeness (QED) is 0.0865. The number of ether oxygens (including phenoxy) is 6. The van der Waals surface area contributed by atoms with Gasteiger partial charge in [-0.05, 0) is 52.9 Å². The van der Waals surface area contributed by atoms with E-state index in [1.807, 2.05) is 60.7 Å². The Balaban J connectivity index is 1.12. The standard InChI is InChI=1S/C42H47N5O8/c1-27-44-35-24-29(42(2,3)4)25-36(40(35)54-27)46-41(48)45-34-11-12-37(33-10-8-7-9-32(33)34)55-39-13-14-43-38(47-39)23-28-21-30(50-6)26-31(22-28)53-20-19-52-18-17-51-16-15-49-5/h7-14,21-22,24-26H,15-20,23H2,1-6H3,(H2,45,46,48). The molecule has 0 fully saturated rings. The van der Waals surface area contributed by atoms with E-state index in [1.54, 1.807) is 39.5 Å². The molecule has 2 N–H and O–H groups in total. The average molecular weight is 750 g/mol. The Bertz CT molecular complexity index is 2230. The predicted octanol–water partition coefficient (Wildman–Crippen LogP) is 8.47. The maximum atomic E-state index is 13.4. The number of aryl methyl sites for hydroxylation is 1. The van der Waals surface area contributed by atoms with Crippen molar-refractivity contribution in [3.8, 4) is 23.1 Å². The van der Waals surface area contributed by atoms with E-state index in [0.29, 0.717) is 103 Å². The van der Waals surface area contributed by atoms with Crippen LogP contribution in [0, 0.1) is 6.92 Å². The van der Waals surface area contributed by atoms with Crippen molar-refractivity contribution in [2.45, 2.75) is 39.5 Å². The second-order valence-electron chi connectivity index (χ2n) is 13.8. The Kier molecular flexibility index (Phi) is 12.8. The SMILES string of the molecule is COCCOCCOCCOc1cc(Cc2nccc(Oc3ccc(NC(=O)Nc4cc(C(C)(C)C)cc5nc(C)oc45)c4ccccc34)n2)cc(OC)c1. The molecule has 0 aliphatic rings. The number of carbonyl (C=O) groups is 1. The van der Waals surface area contributed by atoms with Crippen molar-refractivity contribution in [1.29, 1.82) is 0 Å². The third-order valence-corrected chi connectivity index (χ3v) is 8.58. The van der Waals surface area contributed by atoms with Gasteiger partial charge >= 0.3 is 6.03 Å². The zero-order chi connectivity index (χ0) is 38.8. The Morgan fingerprint density at radius 1 is 0.782 bits per heavy atom. The number of methoxy groups -OCH3 is 2. The summed E-state index contributed by atoms with van der Waals surface area (Å²) in [5.41, 5.74) is 4.14. The highest BCUT2D eigenvalue weighted by Crippen LogP contribution is 2.36. The highest BCUT2D eigenvalue weighted by atomic mass is 16.6. The first-order valence-electron chi connectivity index (χ1n) is 18.1. The molecule has 2 amide bonds. The summed E-state index contributed by atoms with van der Waals surface area (Å²) in [5.74, 6) is 3.33. The first kappa shape index (κ1) is 38.9. The fraction of sp³-hybridized carbons (Fsp3) is 0.333. The topological polar surface area (TPSA) is 148 Å². The predicted molar refractivity (Wildman–Crippen MR) is 211 cm³/mol. The lowest BCUT2D eigenvalue weighted by atomic mass is 9.86. The van der Waals surface area contributed by atoms with Gasteiger partial charge < -0.3 is 43.5 Å². The second-order valence-corrected chi connectivity index (χ2v) is 13.8. The van der Waals surface area contributed by atoms with E-state index in [2.05, 4.69) is 41.4 Å². The molecular weight excluding hydrogens is 702 g/mol. The van der Waals surface area contributed by atoms with Crippen LogP contribution in [-0.2, 0) is 26.0 Å². The number of anilines is 2. The average Bonchev–Trinajstić information content (AvgIpc) is 3.55. The van der Waals surface area contributed by atoms with E-state index in [1.165, 1.54) is 0 Å². The van der Waals surface area contributed by atoms with Crippen LogP contribution >= 0.6 is 0 Å². The van der Waals surface area contributed by atoms with Crippen LogP contribution in [0.5, 0.6) is 23.1 Å². The minimum Gasteiger partial charge on any atom is -0.497 e. The van der Waals surface area contributed by atoms with Gasteiger partial charge in [-0.1, -0.05) is 45.0 Å². The monoisotopic (exact) mass is 749 g/mol. The van der Waals surface area contributed by atoms with Gasteiger partial charge in [-0.2, -0.15) is 4.98 Å². The Morgan fingerprint density at radius 2 is 1.51 bits per heavy atom. The lowest BCUT2D eigenvalue weighted by Gasteiger charge is -2.20. The van der Waals surface area contributed by atoms with Gasteiger partial charge in [0.2, 0.25) is 5.88 Å². The zero-order valence-corrected chi connectivity index (χ0v) is 32.1. The first-order valence-corrected chi connectivity index (χ1v) is 18.1. The van der Waals surface area contributed by atoms with Crippen molar-refractivity contribution in [3.05, 3.63) is 102 Å². The van der Waals surface area contributed by atoms with Gasteiger partial charge in [0.25, 0.3) is 0 Å². The number of oxazole rings is 1. The molecule has 2 heterocycles. The Hall–Kier alpha value is -5.76. The van der Waals surface area contributed by atoms with Crippen LogP contribution in [-0.4, -0.2) is 74.8 Å². The summed E-state index contributed by atoms with van der Waals surface area (Å²) in [5, 5.41) is 7.57. The molecular formula is C42H47N5O8. The fourth-order valence-electron chi connectivity index (χ4n) is 5.85. The molecule has 13 heteroatoms. The van der Waals surface area contributed by atoms with Crippen LogP contribution in [0.2, 0.25) is 0 Å². The van der Waals surface area contributed by atoms with Crippen LogP contribution in [0.4, 0.5) is 16.2 Å². The number of fused-ring (bicyclic) bond motifs is 2. The molecule has 4 aromatic carbocycles. The fourth-order valence-corrected chi connectivity index (χ4v) is 5.85. The van der Waals surface area contributed by atoms with Crippen molar-refractivity contribution in [2.75, 3.05) is 64.5 Å². The molecule has 6 rings (SSSR count). The summed E-state index contributed by atoms with van der Waals surface area (Å²) in [7, 11) is 3.25. The highest BCUT2D eigenvalue weighted by molar-refractivity contribution is 6.09. The second kappa shape index (κ2) is 18.0. The number of aromatic nitrogens is 3. The van der Waals surface area contributed by atoms with Crippen LogP contribution in [0.3, 0.4) is 0 Å². The molecule has 0 unspecified atom stereocenters. The minimum atomic E-state index is -0.417. The van der Waals surface area contributed by atoms with Gasteiger partial charge in [-0.15, -0.1) is 0 Å². The van der Waals surface area contributed by atoms with Gasteiger partial charge in [0, 0.05) is 49.6 Å². The van der Waals surface area contributed by atoms with Crippen molar-refractivity contribution < 1.29 is 37.6 Å². The van der Waals surface area contributed by atoms with Crippen LogP contribution in [0.15, 0.2) is 83.4 Å². The molecule has 0 atom stereocenters. The van der Waals surface area contributed by atoms with Gasteiger partial charge in [-0.25, -0.2) is 14.8 Å². The summed E-state index contributed by atoms with van der Waals surface area (Å²) in [4.78, 5) is 27.1. The molecule has 0 spiro atoms. The molecule has 13 nitrogen and oxygen atoms in total. The Labute approximate surface area is 320 Å². The molecule has 0 aliphatic heterocycles. The number of nitrogens with zero attached hydrogens (tertiary/aromatic N) is 3. The number of hydrogen-bond acceptors (Lipinski definition) is 11. The third-order valence-electron chi connectivity index (χ3n) is 8.58. The van der Waals surface area contributed by atoms with Crippen LogP contribution in [0.25, 0.3) is 21.9 Å². The number of nitrogens with one attached hydrogen (secondary N) is 2. The summed E-state index contributed by atoms with van der Waals surface area (Å²) >= 11 is 0. The van der Waals surface area contributed by atoms with E-state index in [4.69, 9.17) is 37.8 Å². The molecule has 6 aromatic rings. The lowest BCUT2D eigenvalue weighted by Crippen LogP contribution is -2.20. The largest absolute Gasteiger partial charge is 0.497 e. The van der Waals surface area contributed by atoms with E-state index < -0.39 is 6.03 Å². The van der Waals surface area contributed by atoms with Crippen molar-refractivity contribution in [3.63, 3.8) is 0 Å². The number of carbonyl (C=O) groups excluding carboxylic acids is 1. The lowest BCUT2D eigenvalue weighted by molar-refractivity contribution is 0.0179. The van der Waals surface area contributed by atoms with Gasteiger partial charge in [0.1, 0.15) is 35.2 Å². The maximum absolute atomic E-state index is 13.4. The van der Waals surface area contributed by atoms with Crippen LogP contribution < -0.4 is 24.8 Å². The van der Waals surface area contributed by atoms with Gasteiger partial charge in [-0.3, -0.25) is 0 Å². The van der Waals surface area contributed by atoms with E-state index in [-0.39, 0.29) is 5.41 Å². The van der Waals surface area contributed by atoms with Crippen molar-refractivity contribution in [2.24, 2.45) is 0 Å². The molecule has 2 aromatic heterocycles.